The number of carbonyl (C=O) groups excluding carboxylic acids is 1. The zero-order valence-electron chi connectivity index (χ0n) is 11.8. The van der Waals surface area contributed by atoms with Crippen LogP contribution in [0.15, 0.2) is 12.1 Å². The van der Waals surface area contributed by atoms with Gasteiger partial charge in [-0.1, -0.05) is 0 Å². The van der Waals surface area contributed by atoms with E-state index in [2.05, 4.69) is 36.6 Å². The number of carbonyl (C=O) groups is 1. The van der Waals surface area contributed by atoms with Gasteiger partial charge in [-0.2, -0.15) is 0 Å². The van der Waals surface area contributed by atoms with Crippen molar-refractivity contribution in [2.75, 3.05) is 13.1 Å². The molecule has 2 rings (SSSR count). The molecule has 1 aliphatic heterocycles. The van der Waals surface area contributed by atoms with Gasteiger partial charge < -0.3 is 10.6 Å². The summed E-state index contributed by atoms with van der Waals surface area (Å²) in [5.41, 5.74) is -0.223. The number of rotatable bonds is 4. The first-order chi connectivity index (χ1) is 8.49. The Bertz CT molecular complexity index is 427. The van der Waals surface area contributed by atoms with Gasteiger partial charge in [0.05, 0.1) is 5.41 Å². The third-order valence-electron chi connectivity index (χ3n) is 3.60. The van der Waals surface area contributed by atoms with E-state index in [1.54, 1.807) is 0 Å². The lowest BCUT2D eigenvalue weighted by Crippen LogP contribution is -2.44. The molecular formula is C14H23ClN2OS. The zero-order chi connectivity index (χ0) is 13.2. The quantitative estimate of drug-likeness (QED) is 0.897. The molecule has 0 aliphatic carbocycles. The minimum absolute atomic E-state index is 0. The molecule has 3 nitrogen and oxygen atoms in total. The summed E-state index contributed by atoms with van der Waals surface area (Å²) in [7, 11) is 0. The third kappa shape index (κ3) is 4.20. The molecule has 2 atom stereocenters. The zero-order valence-corrected chi connectivity index (χ0v) is 13.4. The van der Waals surface area contributed by atoms with Gasteiger partial charge in [-0.05, 0) is 45.9 Å². The molecule has 0 bridgehead atoms. The van der Waals surface area contributed by atoms with Gasteiger partial charge in [0.2, 0.25) is 5.91 Å². The van der Waals surface area contributed by atoms with Crippen LogP contribution in [0.25, 0.3) is 0 Å². The normalized spacial score (nSPS) is 23.7. The van der Waals surface area contributed by atoms with Gasteiger partial charge >= 0.3 is 0 Å². The van der Waals surface area contributed by atoms with Gasteiger partial charge in [0.25, 0.3) is 0 Å². The van der Waals surface area contributed by atoms with Crippen LogP contribution in [-0.2, 0) is 11.2 Å². The molecule has 0 spiro atoms. The van der Waals surface area contributed by atoms with Gasteiger partial charge in [0, 0.05) is 28.8 Å². The van der Waals surface area contributed by atoms with Crippen LogP contribution in [0.3, 0.4) is 0 Å². The fourth-order valence-electron chi connectivity index (χ4n) is 2.36. The Morgan fingerprint density at radius 2 is 2.32 bits per heavy atom. The lowest BCUT2D eigenvalue weighted by molar-refractivity contribution is -0.129. The number of aryl methyl sites for hydroxylation is 1. The number of hydrogen-bond donors (Lipinski definition) is 2. The van der Waals surface area contributed by atoms with E-state index in [1.165, 1.54) is 9.75 Å². The van der Waals surface area contributed by atoms with E-state index in [0.29, 0.717) is 0 Å². The molecule has 0 radical (unpaired) electrons. The summed E-state index contributed by atoms with van der Waals surface area (Å²) < 4.78 is 0. The van der Waals surface area contributed by atoms with E-state index in [-0.39, 0.29) is 29.8 Å². The fourth-order valence-corrected chi connectivity index (χ4v) is 3.38. The Labute approximate surface area is 125 Å². The summed E-state index contributed by atoms with van der Waals surface area (Å²) in [6.45, 7) is 7.98. The maximum Gasteiger partial charge on any atom is 0.227 e. The molecule has 1 saturated heterocycles. The highest BCUT2D eigenvalue weighted by Gasteiger charge is 2.36. The maximum atomic E-state index is 12.2. The molecule has 2 N–H and O–H groups in total. The van der Waals surface area contributed by atoms with E-state index in [1.807, 2.05) is 18.3 Å². The van der Waals surface area contributed by atoms with Crippen LogP contribution < -0.4 is 10.6 Å². The van der Waals surface area contributed by atoms with Crippen LogP contribution in [0.1, 0.15) is 30.0 Å². The van der Waals surface area contributed by atoms with Crippen LogP contribution >= 0.6 is 23.7 Å². The van der Waals surface area contributed by atoms with Crippen LogP contribution in [0.4, 0.5) is 0 Å². The number of thiophene rings is 1. The van der Waals surface area contributed by atoms with Crippen molar-refractivity contribution in [2.24, 2.45) is 5.41 Å². The Kier molecular flexibility index (Phi) is 5.83. The summed E-state index contributed by atoms with van der Waals surface area (Å²) in [5, 5.41) is 6.41. The summed E-state index contributed by atoms with van der Waals surface area (Å²) in [4.78, 5) is 14.9. The molecule has 1 amide bonds. The predicted molar refractivity (Wildman–Crippen MR) is 83.2 cm³/mol. The Hall–Kier alpha value is -0.580. The van der Waals surface area contributed by atoms with Gasteiger partial charge in [0.15, 0.2) is 0 Å². The van der Waals surface area contributed by atoms with Crippen LogP contribution in [0, 0.1) is 12.3 Å². The molecule has 1 fully saturated rings. The smallest absolute Gasteiger partial charge is 0.227 e. The number of halogens is 1. The molecule has 1 aromatic rings. The highest BCUT2D eigenvalue weighted by atomic mass is 35.5. The SMILES string of the molecule is Cc1ccc(CC(C)NC(=O)C2(C)CCNC2)s1.Cl. The van der Waals surface area contributed by atoms with E-state index < -0.39 is 0 Å². The molecule has 2 heterocycles. The van der Waals surface area contributed by atoms with Crippen LogP contribution in [0.5, 0.6) is 0 Å². The predicted octanol–water partition coefficient (Wildman–Crippen LogP) is 2.53. The van der Waals surface area contributed by atoms with Crippen LogP contribution in [0.2, 0.25) is 0 Å². The number of nitrogens with one attached hydrogen (secondary N) is 2. The van der Waals surface area contributed by atoms with Gasteiger partial charge in [-0.25, -0.2) is 0 Å². The fraction of sp³-hybridized carbons (Fsp3) is 0.643. The largest absolute Gasteiger partial charge is 0.353 e. The summed E-state index contributed by atoms with van der Waals surface area (Å²) in [6.07, 6.45) is 1.86. The first-order valence-electron chi connectivity index (χ1n) is 6.57. The molecule has 1 aliphatic rings. The van der Waals surface area contributed by atoms with E-state index >= 15 is 0 Å². The Morgan fingerprint density at radius 1 is 1.58 bits per heavy atom. The lowest BCUT2D eigenvalue weighted by atomic mass is 9.88. The standard InChI is InChI=1S/C14H22N2OS.ClH/c1-10(8-12-5-4-11(2)18-12)16-13(17)14(3)6-7-15-9-14;/h4-5,10,15H,6-9H2,1-3H3,(H,16,17);1H. The van der Waals surface area contributed by atoms with Gasteiger partial charge in [0.1, 0.15) is 0 Å². The Balaban J connectivity index is 0.00000180. The Morgan fingerprint density at radius 3 is 2.84 bits per heavy atom. The minimum Gasteiger partial charge on any atom is -0.353 e. The average Bonchev–Trinajstić information content (AvgIpc) is 2.89. The van der Waals surface area contributed by atoms with Gasteiger partial charge in [-0.15, -0.1) is 23.7 Å². The monoisotopic (exact) mass is 302 g/mol. The molecule has 0 saturated carbocycles. The molecule has 1 aromatic heterocycles. The van der Waals surface area contributed by atoms with Crippen molar-refractivity contribution >= 4 is 29.7 Å². The van der Waals surface area contributed by atoms with Crippen molar-refractivity contribution in [3.8, 4) is 0 Å². The molecule has 19 heavy (non-hydrogen) atoms. The summed E-state index contributed by atoms with van der Waals surface area (Å²) in [6, 6.07) is 4.49. The van der Waals surface area contributed by atoms with E-state index in [4.69, 9.17) is 0 Å². The molecule has 108 valence electrons. The second kappa shape index (κ2) is 6.73. The van der Waals surface area contributed by atoms with Gasteiger partial charge in [-0.3, -0.25) is 4.79 Å². The first kappa shape index (κ1) is 16.5. The van der Waals surface area contributed by atoms with Crippen molar-refractivity contribution in [2.45, 2.75) is 39.7 Å². The third-order valence-corrected chi connectivity index (χ3v) is 4.62. The summed E-state index contributed by atoms with van der Waals surface area (Å²) >= 11 is 1.81. The molecule has 2 unspecified atom stereocenters. The van der Waals surface area contributed by atoms with E-state index in [0.717, 1.165) is 25.9 Å². The second-order valence-corrected chi connectivity index (χ2v) is 6.95. The molecule has 5 heteroatoms. The highest BCUT2D eigenvalue weighted by Crippen LogP contribution is 2.25. The van der Waals surface area contributed by atoms with Crippen molar-refractivity contribution in [3.63, 3.8) is 0 Å². The second-order valence-electron chi connectivity index (χ2n) is 5.58. The summed E-state index contributed by atoms with van der Waals surface area (Å²) in [5.74, 6) is 0.188. The average molecular weight is 303 g/mol. The topological polar surface area (TPSA) is 41.1 Å². The van der Waals surface area contributed by atoms with Crippen molar-refractivity contribution in [1.82, 2.24) is 10.6 Å². The van der Waals surface area contributed by atoms with Crippen molar-refractivity contribution in [3.05, 3.63) is 21.9 Å². The van der Waals surface area contributed by atoms with Crippen molar-refractivity contribution < 1.29 is 4.79 Å². The maximum absolute atomic E-state index is 12.2. The van der Waals surface area contributed by atoms with Crippen molar-refractivity contribution in [1.29, 1.82) is 0 Å². The molecular weight excluding hydrogens is 280 g/mol. The van der Waals surface area contributed by atoms with E-state index in [9.17, 15) is 4.79 Å². The first-order valence-corrected chi connectivity index (χ1v) is 7.38. The minimum atomic E-state index is -0.223. The highest BCUT2D eigenvalue weighted by molar-refractivity contribution is 7.11. The molecule has 0 aromatic carbocycles. The lowest BCUT2D eigenvalue weighted by Gasteiger charge is -2.24. The van der Waals surface area contributed by atoms with Crippen LogP contribution in [-0.4, -0.2) is 25.0 Å². The number of amides is 1. The number of hydrogen-bond acceptors (Lipinski definition) is 3.